The number of guanidine groups is 1. The van der Waals surface area contributed by atoms with Crippen LogP contribution in [0.15, 0.2) is 29.3 Å². The van der Waals surface area contributed by atoms with E-state index in [-0.39, 0.29) is 5.96 Å². The highest BCUT2D eigenvalue weighted by Gasteiger charge is 2.17. The minimum atomic E-state index is -1.43. The van der Waals surface area contributed by atoms with Gasteiger partial charge in [0.1, 0.15) is 11.4 Å². The fraction of sp³-hybridized carbons (Fsp3) is 0.438. The van der Waals surface area contributed by atoms with Gasteiger partial charge in [-0.2, -0.15) is 0 Å². The van der Waals surface area contributed by atoms with E-state index in [2.05, 4.69) is 15.6 Å². The van der Waals surface area contributed by atoms with Crippen molar-refractivity contribution in [3.05, 3.63) is 29.3 Å². The summed E-state index contributed by atoms with van der Waals surface area (Å²) in [6, 6.07) is 6.93. The minimum absolute atomic E-state index is 0.201. The normalized spacial score (nSPS) is 11.6. The molecule has 0 fully saturated rings. The van der Waals surface area contributed by atoms with Crippen LogP contribution in [0.3, 0.4) is 0 Å². The molecule has 0 aromatic heterocycles. The third-order valence-electron chi connectivity index (χ3n) is 2.52. The monoisotopic (exact) mass is 371 g/mol. The Kier molecular flexibility index (Phi) is 8.00. The quantitative estimate of drug-likeness (QED) is 0.416. The van der Waals surface area contributed by atoms with Crippen molar-refractivity contribution in [2.75, 3.05) is 13.2 Å². The van der Waals surface area contributed by atoms with Crippen molar-refractivity contribution >= 4 is 29.7 Å². The van der Waals surface area contributed by atoms with Crippen molar-refractivity contribution < 1.29 is 24.2 Å². The van der Waals surface area contributed by atoms with Crippen molar-refractivity contribution in [1.29, 1.82) is 0 Å². The van der Waals surface area contributed by atoms with Crippen molar-refractivity contribution in [2.24, 2.45) is 4.99 Å². The number of ether oxygens (including phenoxy) is 2. The number of halogens is 1. The van der Waals surface area contributed by atoms with E-state index < -0.39 is 17.8 Å². The van der Waals surface area contributed by atoms with E-state index >= 15 is 0 Å². The second kappa shape index (κ2) is 9.73. The van der Waals surface area contributed by atoms with Crippen LogP contribution < -0.4 is 15.4 Å². The zero-order valence-corrected chi connectivity index (χ0v) is 15.1. The number of nitrogens with zero attached hydrogens (tertiary/aromatic N) is 1. The van der Waals surface area contributed by atoms with Crippen LogP contribution in [0.4, 0.5) is 9.59 Å². The van der Waals surface area contributed by atoms with Crippen molar-refractivity contribution in [1.82, 2.24) is 10.6 Å². The van der Waals surface area contributed by atoms with E-state index in [0.29, 0.717) is 30.3 Å². The van der Waals surface area contributed by atoms with E-state index in [1.807, 2.05) is 0 Å². The summed E-state index contributed by atoms with van der Waals surface area (Å²) in [4.78, 5) is 25.7. The molecule has 0 aliphatic carbocycles. The Balaban J connectivity index is 2.39. The van der Waals surface area contributed by atoms with Gasteiger partial charge in [-0.15, -0.1) is 4.99 Å². The lowest BCUT2D eigenvalue weighted by Crippen LogP contribution is -2.44. The molecule has 0 radical (unpaired) electrons. The standard InChI is InChI=1S/C16H22ClN3O5/c1-16(2,3)25-15(23)20-13(19-14(21)22)18-9-4-10-24-12-7-5-11(17)6-8-12/h5-8H,4,9-10H2,1-3H3,(H,21,22)(H2,18,19,20,23). The van der Waals surface area contributed by atoms with Gasteiger partial charge in [0.15, 0.2) is 0 Å². The Morgan fingerprint density at radius 3 is 2.44 bits per heavy atom. The SMILES string of the molecule is CC(C)(C)OC(=O)N/C(=N/C(=O)O)NCCCOc1ccc(Cl)cc1. The van der Waals surface area contributed by atoms with Gasteiger partial charge >= 0.3 is 12.2 Å². The summed E-state index contributed by atoms with van der Waals surface area (Å²) in [5.41, 5.74) is -0.704. The average molecular weight is 372 g/mol. The number of aliphatic imine (C=N–C) groups is 1. The highest BCUT2D eigenvalue weighted by Crippen LogP contribution is 2.15. The van der Waals surface area contributed by atoms with Crippen LogP contribution in [0, 0.1) is 0 Å². The topological polar surface area (TPSA) is 109 Å². The zero-order chi connectivity index (χ0) is 18.9. The molecule has 1 rings (SSSR count). The number of carbonyl (C=O) groups excluding carboxylic acids is 1. The number of carboxylic acid groups (broad SMARTS) is 1. The van der Waals surface area contributed by atoms with E-state index in [9.17, 15) is 9.59 Å². The van der Waals surface area contributed by atoms with Crippen LogP contribution in [0.25, 0.3) is 0 Å². The van der Waals surface area contributed by atoms with Gasteiger partial charge in [-0.05, 0) is 51.5 Å². The zero-order valence-electron chi connectivity index (χ0n) is 14.3. The van der Waals surface area contributed by atoms with Crippen LogP contribution in [-0.4, -0.2) is 42.0 Å². The molecule has 8 nitrogen and oxygen atoms in total. The summed E-state index contributed by atoms with van der Waals surface area (Å²) >= 11 is 5.78. The summed E-state index contributed by atoms with van der Waals surface area (Å²) in [5.74, 6) is 0.476. The smallest absolute Gasteiger partial charge is 0.434 e. The number of nitrogens with one attached hydrogen (secondary N) is 2. The lowest BCUT2D eigenvalue weighted by molar-refractivity contribution is 0.0561. The van der Waals surface area contributed by atoms with E-state index in [1.165, 1.54) is 0 Å². The molecule has 138 valence electrons. The number of alkyl carbamates (subject to hydrolysis) is 1. The van der Waals surface area contributed by atoms with Crippen molar-refractivity contribution in [3.8, 4) is 5.75 Å². The molecule has 25 heavy (non-hydrogen) atoms. The van der Waals surface area contributed by atoms with Crippen molar-refractivity contribution in [3.63, 3.8) is 0 Å². The lowest BCUT2D eigenvalue weighted by atomic mass is 10.2. The van der Waals surface area contributed by atoms with E-state index in [1.54, 1.807) is 45.0 Å². The van der Waals surface area contributed by atoms with Gasteiger partial charge in [0, 0.05) is 11.6 Å². The Morgan fingerprint density at radius 1 is 1.24 bits per heavy atom. The van der Waals surface area contributed by atoms with Crippen LogP contribution in [0.5, 0.6) is 5.75 Å². The van der Waals surface area contributed by atoms with Crippen LogP contribution in [-0.2, 0) is 4.74 Å². The van der Waals surface area contributed by atoms with Crippen molar-refractivity contribution in [2.45, 2.75) is 32.8 Å². The van der Waals surface area contributed by atoms with Crippen LogP contribution in [0.2, 0.25) is 5.02 Å². The number of benzene rings is 1. The fourth-order valence-electron chi connectivity index (χ4n) is 1.61. The third kappa shape index (κ3) is 10.1. The molecule has 9 heteroatoms. The fourth-order valence-corrected chi connectivity index (χ4v) is 1.73. The number of carbonyl (C=O) groups is 2. The number of amides is 2. The predicted molar refractivity (Wildman–Crippen MR) is 94.4 cm³/mol. The average Bonchev–Trinajstić information content (AvgIpc) is 2.46. The van der Waals surface area contributed by atoms with Gasteiger partial charge in [-0.1, -0.05) is 11.6 Å². The molecular weight excluding hydrogens is 350 g/mol. The molecule has 0 unspecified atom stereocenters. The maximum atomic E-state index is 11.7. The minimum Gasteiger partial charge on any atom is -0.494 e. The number of hydrogen-bond acceptors (Lipinski definition) is 4. The highest BCUT2D eigenvalue weighted by atomic mass is 35.5. The van der Waals surface area contributed by atoms with Gasteiger partial charge in [0.05, 0.1) is 6.61 Å². The molecule has 0 heterocycles. The number of hydrogen-bond donors (Lipinski definition) is 3. The first-order valence-electron chi connectivity index (χ1n) is 7.59. The number of rotatable bonds is 5. The predicted octanol–water partition coefficient (Wildman–Crippen LogP) is 3.26. The molecular formula is C16H22ClN3O5. The second-order valence-electron chi connectivity index (χ2n) is 5.95. The van der Waals surface area contributed by atoms with Gasteiger partial charge in [-0.3, -0.25) is 5.32 Å². The molecule has 0 saturated heterocycles. The molecule has 0 atom stereocenters. The summed E-state index contributed by atoms with van der Waals surface area (Å²) < 4.78 is 10.5. The molecule has 0 saturated carbocycles. The first-order valence-corrected chi connectivity index (χ1v) is 7.97. The first kappa shape index (κ1) is 20.6. The lowest BCUT2D eigenvalue weighted by Gasteiger charge is -2.20. The molecule has 2 amide bonds. The molecule has 1 aromatic carbocycles. The van der Waals surface area contributed by atoms with Gasteiger partial charge in [0.25, 0.3) is 0 Å². The van der Waals surface area contributed by atoms with E-state index in [4.69, 9.17) is 26.2 Å². The Labute approximate surface area is 151 Å². The molecule has 0 spiro atoms. The summed E-state index contributed by atoms with van der Waals surface area (Å²) in [6.07, 6.45) is -1.68. The van der Waals surface area contributed by atoms with Gasteiger partial charge in [0.2, 0.25) is 5.96 Å². The Bertz CT molecular complexity index is 611. The summed E-state index contributed by atoms with van der Waals surface area (Å²) in [5, 5.41) is 14.4. The van der Waals surface area contributed by atoms with E-state index in [0.717, 1.165) is 0 Å². The van der Waals surface area contributed by atoms with Crippen LogP contribution in [0.1, 0.15) is 27.2 Å². The van der Waals surface area contributed by atoms with Gasteiger partial charge < -0.3 is 19.9 Å². The van der Waals surface area contributed by atoms with Gasteiger partial charge in [-0.25, -0.2) is 9.59 Å². The first-order chi connectivity index (χ1) is 11.7. The largest absolute Gasteiger partial charge is 0.494 e. The highest BCUT2D eigenvalue weighted by molar-refractivity contribution is 6.30. The molecule has 0 aliphatic rings. The summed E-state index contributed by atoms with van der Waals surface area (Å²) in [6.45, 7) is 5.82. The maximum Gasteiger partial charge on any atom is 0.434 e. The molecule has 0 bridgehead atoms. The molecule has 1 aromatic rings. The molecule has 3 N–H and O–H groups in total. The maximum absolute atomic E-state index is 11.7. The third-order valence-corrected chi connectivity index (χ3v) is 2.77. The summed E-state index contributed by atoms with van der Waals surface area (Å²) in [7, 11) is 0. The Hall–Kier alpha value is -2.48. The Morgan fingerprint density at radius 2 is 1.88 bits per heavy atom. The molecule has 0 aliphatic heterocycles. The van der Waals surface area contributed by atoms with Crippen LogP contribution >= 0.6 is 11.6 Å². The second-order valence-corrected chi connectivity index (χ2v) is 6.39.